The van der Waals surface area contributed by atoms with Crippen molar-refractivity contribution in [1.29, 1.82) is 0 Å². The Kier molecular flexibility index (Phi) is 7.79. The van der Waals surface area contributed by atoms with Crippen molar-refractivity contribution in [3.8, 4) is 0 Å². The van der Waals surface area contributed by atoms with E-state index in [9.17, 15) is 4.79 Å². The first kappa shape index (κ1) is 24.6. The lowest BCUT2D eigenvalue weighted by atomic mass is 9.50. The van der Waals surface area contributed by atoms with E-state index in [1.807, 2.05) is 6.92 Å². The molecule has 1 heterocycles. The zero-order chi connectivity index (χ0) is 22.7. The van der Waals surface area contributed by atoms with E-state index in [2.05, 4.69) is 68.7 Å². The smallest absolute Gasteiger partial charge is 0.226 e. The Balaban J connectivity index is 0.000000858. The summed E-state index contributed by atoms with van der Waals surface area (Å²) >= 11 is 5.00. The van der Waals surface area contributed by atoms with Crippen LogP contribution in [-0.2, 0) is 10.2 Å². The number of hydrogen-bond donors (Lipinski definition) is 2. The van der Waals surface area contributed by atoms with Crippen molar-refractivity contribution >= 4 is 17.5 Å². The van der Waals surface area contributed by atoms with Crippen molar-refractivity contribution in [3.05, 3.63) is 35.9 Å². The second kappa shape index (κ2) is 9.83. The van der Waals surface area contributed by atoms with Gasteiger partial charge in [0.2, 0.25) is 5.91 Å². The van der Waals surface area contributed by atoms with Crippen LogP contribution >= 0.6 is 11.6 Å². The van der Waals surface area contributed by atoms with Gasteiger partial charge in [-0.25, -0.2) is 0 Å². The fourth-order valence-corrected chi connectivity index (χ4v) is 6.87. The monoisotopic (exact) mass is 446 g/mol. The van der Waals surface area contributed by atoms with Gasteiger partial charge in [-0.1, -0.05) is 65.0 Å². The number of hydrogen-bond acceptors (Lipinski definition) is 2. The van der Waals surface area contributed by atoms with Gasteiger partial charge >= 0.3 is 0 Å². The average Bonchev–Trinajstić information content (AvgIpc) is 2.69. The third-order valence-electron chi connectivity index (χ3n) is 8.00. The predicted octanol–water partition coefficient (Wildman–Crippen LogP) is 5.91. The van der Waals surface area contributed by atoms with Gasteiger partial charge in [-0.3, -0.25) is 4.79 Å². The van der Waals surface area contributed by atoms with Gasteiger partial charge in [0.1, 0.15) is 0 Å². The van der Waals surface area contributed by atoms with E-state index in [4.69, 9.17) is 11.6 Å². The van der Waals surface area contributed by atoms with Gasteiger partial charge in [-0.15, -0.1) is 11.6 Å². The van der Waals surface area contributed by atoms with Crippen LogP contribution in [0.15, 0.2) is 30.3 Å². The molecule has 4 rings (SSSR count). The first-order valence-corrected chi connectivity index (χ1v) is 12.8. The van der Waals surface area contributed by atoms with Crippen LogP contribution in [0.4, 0.5) is 0 Å². The molecule has 174 valence electrons. The molecular weight excluding hydrogens is 404 g/mol. The second-order valence-electron chi connectivity index (χ2n) is 11.5. The fraction of sp³-hybridized carbons (Fsp3) is 0.741. The van der Waals surface area contributed by atoms with Crippen LogP contribution in [-0.4, -0.2) is 30.9 Å². The topological polar surface area (TPSA) is 41.1 Å². The number of amides is 1. The zero-order valence-electron chi connectivity index (χ0n) is 20.3. The van der Waals surface area contributed by atoms with Crippen LogP contribution in [0.1, 0.15) is 78.7 Å². The largest absolute Gasteiger partial charge is 0.352 e. The molecule has 5 unspecified atom stereocenters. The van der Waals surface area contributed by atoms with Crippen molar-refractivity contribution in [1.82, 2.24) is 10.6 Å². The highest BCUT2D eigenvalue weighted by molar-refractivity contribution is 6.17. The molecule has 3 aliphatic rings. The predicted molar refractivity (Wildman–Crippen MR) is 132 cm³/mol. The quantitative estimate of drug-likeness (QED) is 0.566. The molecule has 0 aromatic heterocycles. The minimum Gasteiger partial charge on any atom is -0.352 e. The number of benzene rings is 1. The standard InChI is InChI=1S/C25H38N2O.C2H5Cl/c1-18-12-19-14-24(4,22(28)27-21-10-11-26-17-23(21,2)3)16-25(13-18,15-19)20-8-6-5-7-9-20;1-2-3/h5-9,18-19,21,26H,10-17H2,1-4H3,(H,27,28);2H2,1H3. The Morgan fingerprint density at radius 2 is 1.84 bits per heavy atom. The maximum Gasteiger partial charge on any atom is 0.226 e. The van der Waals surface area contributed by atoms with E-state index in [1.54, 1.807) is 0 Å². The highest BCUT2D eigenvalue weighted by atomic mass is 35.5. The van der Waals surface area contributed by atoms with Crippen molar-refractivity contribution in [2.75, 3.05) is 19.0 Å². The van der Waals surface area contributed by atoms with E-state index in [-0.39, 0.29) is 22.3 Å². The van der Waals surface area contributed by atoms with Crippen molar-refractivity contribution < 1.29 is 4.79 Å². The lowest BCUT2D eigenvalue weighted by Gasteiger charge is -2.54. The van der Waals surface area contributed by atoms with Crippen LogP contribution < -0.4 is 10.6 Å². The third-order valence-corrected chi connectivity index (χ3v) is 8.00. The average molecular weight is 447 g/mol. The molecule has 31 heavy (non-hydrogen) atoms. The summed E-state index contributed by atoms with van der Waals surface area (Å²) in [4.78, 5) is 13.6. The van der Waals surface area contributed by atoms with Crippen molar-refractivity contribution in [3.63, 3.8) is 0 Å². The molecule has 3 fully saturated rings. The molecule has 1 aliphatic heterocycles. The highest BCUT2D eigenvalue weighted by Crippen LogP contribution is 2.58. The van der Waals surface area contributed by atoms with Crippen LogP contribution in [0, 0.1) is 22.7 Å². The minimum absolute atomic E-state index is 0.112. The first-order chi connectivity index (χ1) is 14.6. The number of carbonyl (C=O) groups is 1. The van der Waals surface area contributed by atoms with E-state index >= 15 is 0 Å². The van der Waals surface area contributed by atoms with Crippen LogP contribution in [0.2, 0.25) is 0 Å². The van der Waals surface area contributed by atoms with Gasteiger partial charge in [0.25, 0.3) is 0 Å². The summed E-state index contributed by atoms with van der Waals surface area (Å²) in [5.74, 6) is 2.43. The summed E-state index contributed by atoms with van der Waals surface area (Å²) in [5.41, 5.74) is 1.46. The number of halogens is 1. The molecule has 3 nitrogen and oxygen atoms in total. The highest BCUT2D eigenvalue weighted by Gasteiger charge is 2.53. The van der Waals surface area contributed by atoms with E-state index in [0.717, 1.165) is 44.1 Å². The van der Waals surface area contributed by atoms with Gasteiger partial charge < -0.3 is 10.6 Å². The third kappa shape index (κ3) is 5.47. The summed E-state index contributed by atoms with van der Waals surface area (Å²) in [6.07, 6.45) is 6.80. The molecule has 0 radical (unpaired) electrons. The summed E-state index contributed by atoms with van der Waals surface area (Å²) in [6, 6.07) is 11.3. The maximum atomic E-state index is 13.6. The Morgan fingerprint density at radius 1 is 1.16 bits per heavy atom. The number of piperidine rings is 1. The number of alkyl halides is 1. The lowest BCUT2D eigenvalue weighted by molar-refractivity contribution is -0.138. The summed E-state index contributed by atoms with van der Waals surface area (Å²) in [5, 5.41) is 6.99. The van der Waals surface area contributed by atoms with Gasteiger partial charge in [-0.05, 0) is 73.3 Å². The van der Waals surface area contributed by atoms with Crippen molar-refractivity contribution in [2.45, 2.75) is 84.6 Å². The molecular formula is C27H43ClN2O. The number of carbonyl (C=O) groups excluding carboxylic acids is 1. The van der Waals surface area contributed by atoms with Crippen LogP contribution in [0.25, 0.3) is 0 Å². The van der Waals surface area contributed by atoms with E-state index < -0.39 is 0 Å². The molecule has 1 amide bonds. The molecule has 2 aliphatic carbocycles. The molecule has 5 atom stereocenters. The summed E-state index contributed by atoms with van der Waals surface area (Å²) in [7, 11) is 0. The Labute approximate surface area is 195 Å². The van der Waals surface area contributed by atoms with Crippen LogP contribution in [0.5, 0.6) is 0 Å². The van der Waals surface area contributed by atoms with Crippen molar-refractivity contribution in [2.24, 2.45) is 22.7 Å². The summed E-state index contributed by atoms with van der Waals surface area (Å²) < 4.78 is 0. The van der Waals surface area contributed by atoms with E-state index in [1.165, 1.54) is 24.8 Å². The second-order valence-corrected chi connectivity index (χ2v) is 12.0. The van der Waals surface area contributed by atoms with Gasteiger partial charge in [-0.2, -0.15) is 0 Å². The van der Waals surface area contributed by atoms with Gasteiger partial charge in [0.05, 0.1) is 0 Å². The fourth-order valence-electron chi connectivity index (χ4n) is 6.87. The first-order valence-electron chi connectivity index (χ1n) is 12.3. The molecule has 1 aromatic rings. The van der Waals surface area contributed by atoms with Gasteiger partial charge in [0, 0.05) is 23.9 Å². The lowest BCUT2D eigenvalue weighted by Crippen LogP contribution is -2.59. The number of fused-ring (bicyclic) bond motifs is 2. The number of rotatable bonds is 3. The Hall–Kier alpha value is -1.06. The molecule has 2 N–H and O–H groups in total. The molecule has 4 heteroatoms. The normalized spacial score (nSPS) is 36.6. The molecule has 1 saturated heterocycles. The zero-order valence-corrected chi connectivity index (χ0v) is 21.0. The minimum atomic E-state index is -0.264. The van der Waals surface area contributed by atoms with Crippen LogP contribution in [0.3, 0.4) is 0 Å². The Morgan fingerprint density at radius 3 is 2.48 bits per heavy atom. The van der Waals surface area contributed by atoms with E-state index in [0.29, 0.717) is 11.8 Å². The van der Waals surface area contributed by atoms with Gasteiger partial charge in [0.15, 0.2) is 0 Å². The summed E-state index contributed by atoms with van der Waals surface area (Å²) in [6.45, 7) is 13.1. The maximum absolute atomic E-state index is 13.6. The number of nitrogens with one attached hydrogen (secondary N) is 2. The molecule has 0 spiro atoms. The Bertz CT molecular complexity index is 732. The SMILES string of the molecule is CC1CC2CC(C)(C(=O)NC3CCNCC3(C)C)CC(c3ccccc3)(C1)C2.CCCl. The molecule has 2 saturated carbocycles. The molecule has 2 bridgehead atoms. The molecule has 1 aromatic carbocycles.